The lowest BCUT2D eigenvalue weighted by Gasteiger charge is -2.22. The Hall–Kier alpha value is -2.88. The van der Waals surface area contributed by atoms with Gasteiger partial charge in [-0.05, 0) is 5.92 Å². The number of aromatic amines is 1. The molecule has 0 bridgehead atoms. The van der Waals surface area contributed by atoms with Crippen LogP contribution in [-0.4, -0.2) is 71.0 Å². The number of aromatic nitrogens is 5. The molecule has 2 aromatic rings. The Morgan fingerprint density at radius 2 is 2.03 bits per heavy atom. The Morgan fingerprint density at radius 1 is 1.30 bits per heavy atom. The molecule has 0 aromatic carbocycles. The van der Waals surface area contributed by atoms with Crippen molar-refractivity contribution in [3.05, 3.63) is 39.3 Å². The van der Waals surface area contributed by atoms with Gasteiger partial charge in [-0.3, -0.25) is 23.3 Å². The summed E-state index contributed by atoms with van der Waals surface area (Å²) in [6, 6.07) is 1.14. The summed E-state index contributed by atoms with van der Waals surface area (Å²) in [4.78, 5) is 37.5. The Kier molecular flexibility index (Phi) is 7.46. The smallest absolute Gasteiger partial charge is 0.330 e. The van der Waals surface area contributed by atoms with Gasteiger partial charge in [0.25, 0.3) is 5.56 Å². The fourth-order valence-electron chi connectivity index (χ4n) is 3.25. The fourth-order valence-corrected chi connectivity index (χ4v) is 4.21. The van der Waals surface area contributed by atoms with Gasteiger partial charge in [0.05, 0.1) is 19.3 Å². The van der Waals surface area contributed by atoms with Gasteiger partial charge in [-0.25, -0.2) is 9.48 Å². The van der Waals surface area contributed by atoms with E-state index >= 15 is 0 Å². The Bertz CT molecular complexity index is 1200. The number of nitrogens with zero attached hydrogens (tertiary/aromatic N) is 4. The molecule has 0 aliphatic carbocycles. The van der Waals surface area contributed by atoms with Crippen molar-refractivity contribution in [1.82, 2.24) is 24.5 Å². The summed E-state index contributed by atoms with van der Waals surface area (Å²) in [5.74, 6) is -0.625. The summed E-state index contributed by atoms with van der Waals surface area (Å²) < 4.78 is 48.5. The largest absolute Gasteiger partial charge is 0.457 e. The number of hydrogen-bond acceptors (Lipinski definition) is 11. The van der Waals surface area contributed by atoms with Crippen LogP contribution in [0.3, 0.4) is 0 Å². The van der Waals surface area contributed by atoms with Crippen molar-refractivity contribution in [3.8, 4) is 0 Å². The lowest BCUT2D eigenvalue weighted by molar-refractivity contribution is -0.154. The lowest BCUT2D eigenvalue weighted by Crippen LogP contribution is -2.41. The molecule has 4 unspecified atom stereocenters. The Balaban J connectivity index is 1.86. The number of hydrogen-bond donors (Lipinski definition) is 1. The zero-order chi connectivity index (χ0) is 24.3. The van der Waals surface area contributed by atoms with E-state index in [1.54, 1.807) is 13.8 Å². The molecule has 1 N–H and O–H groups in total. The highest BCUT2D eigenvalue weighted by Crippen LogP contribution is 2.33. The lowest BCUT2D eigenvalue weighted by atomic mass is 10.1. The number of esters is 1. The van der Waals surface area contributed by atoms with Gasteiger partial charge in [-0.15, -0.1) is 5.10 Å². The van der Waals surface area contributed by atoms with Gasteiger partial charge in [-0.2, -0.15) is 8.42 Å². The maximum Gasteiger partial charge on any atom is 0.330 e. The molecule has 0 amide bonds. The van der Waals surface area contributed by atoms with Crippen LogP contribution in [0.5, 0.6) is 0 Å². The van der Waals surface area contributed by atoms with E-state index in [0.29, 0.717) is 0 Å². The van der Waals surface area contributed by atoms with Crippen molar-refractivity contribution in [2.75, 3.05) is 13.7 Å². The summed E-state index contributed by atoms with van der Waals surface area (Å²) in [5.41, 5.74) is -1.33. The third kappa shape index (κ3) is 5.73. The number of H-pyrrole nitrogens is 1. The SMILES string of the molecule is COC1C(OC(C)=O)C(Cn2cc(S(=O)(=O)OCC(C)C)nn2)OC1n1ccc(=O)[nH]c1=O. The third-order valence-electron chi connectivity index (χ3n) is 4.68. The van der Waals surface area contributed by atoms with Crippen molar-refractivity contribution in [2.24, 2.45) is 5.92 Å². The molecule has 2 aromatic heterocycles. The highest BCUT2D eigenvalue weighted by Gasteiger charge is 2.48. The normalized spacial score (nSPS) is 23.2. The predicted octanol–water partition coefficient (Wildman–Crippen LogP) is -0.966. The van der Waals surface area contributed by atoms with Crippen LogP contribution in [0.25, 0.3) is 0 Å². The molecule has 0 spiro atoms. The van der Waals surface area contributed by atoms with E-state index in [1.165, 1.54) is 24.9 Å². The van der Waals surface area contributed by atoms with E-state index in [4.69, 9.17) is 18.4 Å². The van der Waals surface area contributed by atoms with Gasteiger partial charge < -0.3 is 14.2 Å². The van der Waals surface area contributed by atoms with Crippen LogP contribution in [0.15, 0.2) is 33.1 Å². The quantitative estimate of drug-likeness (QED) is 0.340. The minimum atomic E-state index is -4.10. The van der Waals surface area contributed by atoms with Crippen LogP contribution in [0.1, 0.15) is 27.0 Å². The maximum atomic E-state index is 12.3. The van der Waals surface area contributed by atoms with Crippen molar-refractivity contribution in [1.29, 1.82) is 0 Å². The fraction of sp³-hybridized carbons (Fsp3) is 0.611. The Labute approximate surface area is 188 Å². The van der Waals surface area contributed by atoms with E-state index < -0.39 is 51.9 Å². The monoisotopic (exact) mass is 487 g/mol. The highest BCUT2D eigenvalue weighted by atomic mass is 32.2. The first-order valence-corrected chi connectivity index (χ1v) is 11.4. The minimum absolute atomic E-state index is 0.00885. The second-order valence-corrected chi connectivity index (χ2v) is 9.33. The molecule has 1 aliphatic heterocycles. The third-order valence-corrected chi connectivity index (χ3v) is 5.83. The molecular formula is C18H25N5O9S. The minimum Gasteiger partial charge on any atom is -0.457 e. The van der Waals surface area contributed by atoms with Crippen molar-refractivity contribution in [2.45, 2.75) is 56.9 Å². The van der Waals surface area contributed by atoms with Gasteiger partial charge in [-0.1, -0.05) is 19.1 Å². The van der Waals surface area contributed by atoms with Crippen LogP contribution in [-0.2, 0) is 39.9 Å². The number of nitrogens with one attached hydrogen (secondary N) is 1. The second kappa shape index (κ2) is 9.94. The average Bonchev–Trinajstić information content (AvgIpc) is 3.32. The van der Waals surface area contributed by atoms with Crippen LogP contribution < -0.4 is 11.2 Å². The predicted molar refractivity (Wildman–Crippen MR) is 110 cm³/mol. The summed E-state index contributed by atoms with van der Waals surface area (Å²) in [6.45, 7) is 4.71. The topological polar surface area (TPSA) is 174 Å². The number of carbonyl (C=O) groups is 1. The molecule has 3 rings (SSSR count). The zero-order valence-corrected chi connectivity index (χ0v) is 19.2. The first-order valence-electron chi connectivity index (χ1n) is 9.98. The van der Waals surface area contributed by atoms with Crippen LogP contribution in [0.2, 0.25) is 0 Å². The van der Waals surface area contributed by atoms with E-state index in [9.17, 15) is 22.8 Å². The molecule has 4 atom stereocenters. The van der Waals surface area contributed by atoms with Gasteiger partial charge >= 0.3 is 21.8 Å². The molecule has 1 aliphatic rings. The van der Waals surface area contributed by atoms with Crippen LogP contribution in [0.4, 0.5) is 0 Å². The summed E-state index contributed by atoms with van der Waals surface area (Å²) >= 11 is 0. The highest BCUT2D eigenvalue weighted by molar-refractivity contribution is 7.86. The summed E-state index contributed by atoms with van der Waals surface area (Å²) in [6.07, 6.45) is -1.43. The molecule has 15 heteroatoms. The summed E-state index contributed by atoms with van der Waals surface area (Å²) in [7, 11) is -2.75. The number of ether oxygens (including phenoxy) is 3. The van der Waals surface area contributed by atoms with Crippen molar-refractivity contribution < 1.29 is 31.6 Å². The van der Waals surface area contributed by atoms with Crippen LogP contribution in [0, 0.1) is 5.92 Å². The number of carbonyl (C=O) groups excluding carboxylic acids is 1. The van der Waals surface area contributed by atoms with Crippen LogP contribution >= 0.6 is 0 Å². The number of rotatable bonds is 9. The van der Waals surface area contributed by atoms with Crippen molar-refractivity contribution in [3.63, 3.8) is 0 Å². The molecule has 14 nitrogen and oxygen atoms in total. The van der Waals surface area contributed by atoms with E-state index in [0.717, 1.165) is 16.8 Å². The Morgan fingerprint density at radius 3 is 2.64 bits per heavy atom. The second-order valence-electron chi connectivity index (χ2n) is 7.77. The zero-order valence-electron chi connectivity index (χ0n) is 18.4. The summed E-state index contributed by atoms with van der Waals surface area (Å²) in [5, 5.41) is 7.05. The maximum absolute atomic E-state index is 12.3. The first-order chi connectivity index (χ1) is 15.5. The molecule has 182 valence electrons. The van der Waals surface area contributed by atoms with E-state index in [-0.39, 0.29) is 24.1 Å². The molecule has 1 saturated heterocycles. The first kappa shape index (κ1) is 24.8. The van der Waals surface area contributed by atoms with E-state index in [2.05, 4.69) is 15.3 Å². The van der Waals surface area contributed by atoms with Gasteiger partial charge in [0.2, 0.25) is 5.03 Å². The molecular weight excluding hydrogens is 462 g/mol. The van der Waals surface area contributed by atoms with Gasteiger partial charge in [0.15, 0.2) is 12.3 Å². The van der Waals surface area contributed by atoms with E-state index in [1.807, 2.05) is 0 Å². The van der Waals surface area contributed by atoms with Crippen molar-refractivity contribution >= 4 is 16.1 Å². The standard InChI is InChI=1S/C18H25N5O9S/c1-10(2)9-30-33(27,28)14-8-22(21-20-14)7-12-15(31-11(3)24)16(29-4)17(32-12)23-6-5-13(25)19-18(23)26/h5-6,8,10,12,15-17H,7,9H2,1-4H3,(H,19,25,26). The van der Waals surface area contributed by atoms with Gasteiger partial charge in [0, 0.05) is 26.3 Å². The molecule has 33 heavy (non-hydrogen) atoms. The molecule has 3 heterocycles. The molecule has 1 fully saturated rings. The average molecular weight is 487 g/mol. The number of methoxy groups -OCH3 is 1. The molecule has 0 radical (unpaired) electrons. The van der Waals surface area contributed by atoms with Gasteiger partial charge in [0.1, 0.15) is 12.2 Å². The molecule has 0 saturated carbocycles.